The van der Waals surface area contributed by atoms with Crippen molar-refractivity contribution in [2.24, 2.45) is 0 Å². The first kappa shape index (κ1) is 10.6. The number of imide groups is 1. The molecule has 0 fully saturated rings. The number of hydroxylamine groups is 2. The van der Waals surface area contributed by atoms with E-state index in [0.717, 1.165) is 9.49 Å². The first-order valence-corrected chi connectivity index (χ1v) is 5.95. The van der Waals surface area contributed by atoms with Crippen LogP contribution in [0.4, 0.5) is 0 Å². The summed E-state index contributed by atoms with van der Waals surface area (Å²) in [7, 11) is 0. The Morgan fingerprint density at radius 1 is 1.13 bits per heavy atom. The number of hydrogen-bond donors (Lipinski definition) is 0. The summed E-state index contributed by atoms with van der Waals surface area (Å²) in [6.45, 7) is 0.353. The van der Waals surface area contributed by atoms with E-state index in [1.807, 2.05) is 0 Å². The molecule has 0 saturated carbocycles. The molecule has 0 radical (unpaired) electrons. The lowest BCUT2D eigenvalue weighted by atomic mass is 10.1. The van der Waals surface area contributed by atoms with E-state index in [-0.39, 0.29) is 11.8 Å². The summed E-state index contributed by atoms with van der Waals surface area (Å²) < 4.78 is 0.727. The van der Waals surface area contributed by atoms with Crippen LogP contribution >= 0.6 is 22.6 Å². The monoisotopic (exact) mass is 317 g/mol. The Morgan fingerprint density at radius 3 is 2.13 bits per heavy atom. The third kappa shape index (κ3) is 1.76. The van der Waals surface area contributed by atoms with E-state index in [0.29, 0.717) is 17.7 Å². The number of fused-ring (bicyclic) bond motifs is 1. The molecule has 1 aromatic carbocycles. The topological polar surface area (TPSA) is 46.6 Å². The molecule has 0 bridgehead atoms. The molecule has 0 aliphatic carbocycles. The molecule has 4 nitrogen and oxygen atoms in total. The van der Waals surface area contributed by atoms with Gasteiger partial charge in [-0.1, -0.05) is 34.7 Å². The van der Waals surface area contributed by atoms with Crippen molar-refractivity contribution < 1.29 is 14.4 Å². The van der Waals surface area contributed by atoms with Crippen LogP contribution in [-0.2, 0) is 4.84 Å². The van der Waals surface area contributed by atoms with Gasteiger partial charge in [-0.25, -0.2) is 0 Å². The number of halogens is 1. The number of nitrogens with zero attached hydrogens (tertiary/aromatic N) is 1. The minimum Gasteiger partial charge on any atom is -0.266 e. The summed E-state index contributed by atoms with van der Waals surface area (Å²) in [6, 6.07) is 6.71. The molecule has 5 heteroatoms. The summed E-state index contributed by atoms with van der Waals surface area (Å²) in [5, 5.41) is 0.837. The Labute approximate surface area is 100 Å². The fourth-order valence-corrected chi connectivity index (χ4v) is 1.61. The van der Waals surface area contributed by atoms with E-state index in [1.165, 1.54) is 0 Å². The SMILES string of the molecule is O=C1c2ccccc2C(=O)N1OCCI. The number of hydrogen-bond acceptors (Lipinski definition) is 3. The highest BCUT2D eigenvalue weighted by molar-refractivity contribution is 14.1. The summed E-state index contributed by atoms with van der Waals surface area (Å²) >= 11 is 2.11. The van der Waals surface area contributed by atoms with E-state index >= 15 is 0 Å². The first-order chi connectivity index (χ1) is 7.25. The Hall–Kier alpha value is -0.950. The molecule has 0 atom stereocenters. The zero-order valence-corrected chi connectivity index (χ0v) is 9.93. The van der Waals surface area contributed by atoms with Crippen LogP contribution in [0, 0.1) is 0 Å². The molecule has 0 N–H and O–H groups in total. The van der Waals surface area contributed by atoms with E-state index in [4.69, 9.17) is 4.84 Å². The van der Waals surface area contributed by atoms with Crippen molar-refractivity contribution in [1.29, 1.82) is 0 Å². The van der Waals surface area contributed by atoms with Crippen LogP contribution in [0.15, 0.2) is 24.3 Å². The van der Waals surface area contributed by atoms with Crippen molar-refractivity contribution in [3.63, 3.8) is 0 Å². The minimum absolute atomic E-state index is 0.353. The van der Waals surface area contributed by atoms with Gasteiger partial charge in [-0.2, -0.15) is 0 Å². The summed E-state index contributed by atoms with van der Waals surface area (Å²) in [5.41, 5.74) is 0.826. The van der Waals surface area contributed by atoms with E-state index in [1.54, 1.807) is 24.3 Å². The maximum atomic E-state index is 11.7. The average molecular weight is 317 g/mol. The zero-order chi connectivity index (χ0) is 10.8. The van der Waals surface area contributed by atoms with Crippen molar-refractivity contribution in [2.75, 3.05) is 11.0 Å². The van der Waals surface area contributed by atoms with Crippen LogP contribution in [0.25, 0.3) is 0 Å². The fourth-order valence-electron chi connectivity index (χ4n) is 1.41. The molecule has 78 valence electrons. The van der Waals surface area contributed by atoms with Gasteiger partial charge in [-0.15, -0.1) is 5.06 Å². The first-order valence-electron chi connectivity index (χ1n) is 4.42. The Balaban J connectivity index is 2.29. The van der Waals surface area contributed by atoms with E-state index in [2.05, 4.69) is 22.6 Å². The second kappa shape index (κ2) is 4.28. The van der Waals surface area contributed by atoms with Gasteiger partial charge in [-0.3, -0.25) is 14.4 Å². The molecule has 0 aromatic heterocycles. The van der Waals surface area contributed by atoms with Gasteiger partial charge in [0.2, 0.25) is 0 Å². The summed E-state index contributed by atoms with van der Waals surface area (Å²) in [6.07, 6.45) is 0. The molecule has 1 aliphatic heterocycles. The smallest absolute Gasteiger partial charge is 0.266 e. The molecule has 1 aromatic rings. The molecule has 1 heterocycles. The van der Waals surface area contributed by atoms with E-state index in [9.17, 15) is 9.59 Å². The highest BCUT2D eigenvalue weighted by Gasteiger charge is 2.36. The molecular weight excluding hydrogens is 309 g/mol. The van der Waals surface area contributed by atoms with Crippen molar-refractivity contribution in [2.45, 2.75) is 0 Å². The predicted octanol–water partition coefficient (Wildman–Crippen LogP) is 1.65. The fraction of sp³-hybridized carbons (Fsp3) is 0.200. The zero-order valence-electron chi connectivity index (χ0n) is 7.77. The van der Waals surface area contributed by atoms with Gasteiger partial charge in [-0.05, 0) is 12.1 Å². The van der Waals surface area contributed by atoms with Gasteiger partial charge in [0, 0.05) is 4.43 Å². The third-order valence-electron chi connectivity index (χ3n) is 2.05. The van der Waals surface area contributed by atoms with Gasteiger partial charge < -0.3 is 0 Å². The number of benzene rings is 1. The van der Waals surface area contributed by atoms with Crippen LogP contribution in [-0.4, -0.2) is 27.9 Å². The largest absolute Gasteiger partial charge is 0.285 e. The molecule has 0 unspecified atom stereocenters. The third-order valence-corrected chi connectivity index (χ3v) is 2.49. The quantitative estimate of drug-likeness (QED) is 0.484. The van der Waals surface area contributed by atoms with Gasteiger partial charge in [0.25, 0.3) is 11.8 Å². The predicted molar refractivity (Wildman–Crippen MR) is 61.8 cm³/mol. The number of alkyl halides is 1. The van der Waals surface area contributed by atoms with Crippen LogP contribution in [0.5, 0.6) is 0 Å². The molecule has 0 spiro atoms. The second-order valence-corrected chi connectivity index (χ2v) is 4.05. The second-order valence-electron chi connectivity index (χ2n) is 2.97. The maximum Gasteiger partial charge on any atom is 0.285 e. The lowest BCUT2D eigenvalue weighted by molar-refractivity contribution is -0.0847. The highest BCUT2D eigenvalue weighted by Crippen LogP contribution is 2.22. The maximum absolute atomic E-state index is 11.7. The lowest BCUT2D eigenvalue weighted by Gasteiger charge is -2.11. The number of rotatable bonds is 3. The van der Waals surface area contributed by atoms with Gasteiger partial charge in [0.05, 0.1) is 17.7 Å². The normalized spacial score (nSPS) is 14.6. The van der Waals surface area contributed by atoms with Crippen molar-refractivity contribution in [3.05, 3.63) is 35.4 Å². The number of carbonyl (C=O) groups excluding carboxylic acids is 2. The van der Waals surface area contributed by atoms with Gasteiger partial charge in [0.1, 0.15) is 0 Å². The van der Waals surface area contributed by atoms with Gasteiger partial charge in [0.15, 0.2) is 0 Å². The highest BCUT2D eigenvalue weighted by atomic mass is 127. The minimum atomic E-state index is -0.375. The van der Waals surface area contributed by atoms with Crippen molar-refractivity contribution in [3.8, 4) is 0 Å². The molecule has 2 amide bonds. The molecule has 2 rings (SSSR count). The van der Waals surface area contributed by atoms with Crippen LogP contribution < -0.4 is 0 Å². The number of amides is 2. The van der Waals surface area contributed by atoms with Crippen molar-refractivity contribution >= 4 is 34.4 Å². The van der Waals surface area contributed by atoms with Crippen LogP contribution in [0.3, 0.4) is 0 Å². The molecular formula is C10H8INO3. The lowest BCUT2D eigenvalue weighted by Crippen LogP contribution is -2.30. The number of carbonyl (C=O) groups is 2. The molecule has 0 saturated heterocycles. The Kier molecular flexibility index (Phi) is 3.01. The van der Waals surface area contributed by atoms with Crippen LogP contribution in [0.1, 0.15) is 20.7 Å². The Morgan fingerprint density at radius 2 is 1.67 bits per heavy atom. The average Bonchev–Trinajstić information content (AvgIpc) is 2.51. The molecule has 1 aliphatic rings. The summed E-state index contributed by atoms with van der Waals surface area (Å²) in [4.78, 5) is 28.5. The Bertz CT molecular complexity index is 384. The standard InChI is InChI=1S/C10H8INO3/c11-5-6-15-12-9(13)7-3-1-2-4-8(7)10(12)14/h1-4H,5-6H2. The van der Waals surface area contributed by atoms with E-state index < -0.39 is 0 Å². The molecule has 15 heavy (non-hydrogen) atoms. The van der Waals surface area contributed by atoms with Gasteiger partial charge >= 0.3 is 0 Å². The summed E-state index contributed by atoms with van der Waals surface area (Å²) in [5.74, 6) is -0.749. The van der Waals surface area contributed by atoms with Crippen molar-refractivity contribution in [1.82, 2.24) is 5.06 Å². The van der Waals surface area contributed by atoms with Crippen LogP contribution in [0.2, 0.25) is 0 Å².